The third-order valence-corrected chi connectivity index (χ3v) is 6.67. The van der Waals surface area contributed by atoms with Crippen LogP contribution in [0.15, 0.2) is 77.7 Å². The number of para-hydroxylation sites is 3. The maximum Gasteiger partial charge on any atom is 0.254 e. The van der Waals surface area contributed by atoms with E-state index < -0.39 is 17.2 Å². The Morgan fingerprint density at radius 3 is 2.61 bits per heavy atom. The van der Waals surface area contributed by atoms with Crippen LogP contribution < -0.4 is 14.4 Å². The van der Waals surface area contributed by atoms with E-state index in [4.69, 9.17) is 4.74 Å². The summed E-state index contributed by atoms with van der Waals surface area (Å²) < 4.78 is 34.8. The first-order chi connectivity index (χ1) is 16.1. The van der Waals surface area contributed by atoms with Crippen molar-refractivity contribution in [3.05, 3.63) is 84.2 Å². The van der Waals surface area contributed by atoms with E-state index in [0.717, 1.165) is 24.4 Å². The van der Waals surface area contributed by atoms with Crippen LogP contribution in [0.5, 0.6) is 5.75 Å². The van der Waals surface area contributed by atoms with Gasteiger partial charge in [-0.05, 0) is 42.8 Å². The Kier molecular flexibility index (Phi) is 7.36. The fraction of sp³-hybridized carbons (Fsp3) is 0.240. The molecular weight excluding hydrogens is 441 g/mol. The minimum atomic E-state index is -1.70. The van der Waals surface area contributed by atoms with Gasteiger partial charge in [0.15, 0.2) is 10.7 Å². The van der Waals surface area contributed by atoms with Crippen LogP contribution in [0.1, 0.15) is 16.8 Å². The summed E-state index contributed by atoms with van der Waals surface area (Å²) in [6.07, 6.45) is 0.824. The van der Waals surface area contributed by atoms with Crippen molar-refractivity contribution in [2.45, 2.75) is 11.3 Å². The van der Waals surface area contributed by atoms with Gasteiger partial charge in [-0.1, -0.05) is 30.3 Å². The molecule has 0 saturated carbocycles. The third kappa shape index (κ3) is 5.40. The molecule has 1 aliphatic heterocycles. The molecule has 0 spiro atoms. The zero-order chi connectivity index (χ0) is 23.2. The maximum absolute atomic E-state index is 13.9. The molecule has 1 aliphatic rings. The first-order valence-corrected chi connectivity index (χ1v) is 11.9. The van der Waals surface area contributed by atoms with Crippen LogP contribution in [0.4, 0.5) is 15.8 Å². The molecule has 1 atom stereocenters. The van der Waals surface area contributed by atoms with Crippen LogP contribution in [0.2, 0.25) is 0 Å². The monoisotopic (exact) mass is 467 g/mol. The number of rotatable bonds is 6. The highest BCUT2D eigenvalue weighted by Gasteiger charge is 2.23. The Hall–Kier alpha value is -3.23. The Balaban J connectivity index is 1.44. The molecular formula is C25H26FN3O3S. The fourth-order valence-corrected chi connectivity index (χ4v) is 4.80. The predicted molar refractivity (Wildman–Crippen MR) is 129 cm³/mol. The molecule has 1 unspecified atom stereocenters. The van der Waals surface area contributed by atoms with Crippen molar-refractivity contribution in [1.82, 2.24) is 4.90 Å². The molecule has 0 aliphatic carbocycles. The highest BCUT2D eigenvalue weighted by atomic mass is 32.2. The smallest absolute Gasteiger partial charge is 0.254 e. The standard InChI is InChI=1S/C25H26FN3O3S/c1-32-24-13-5-4-12-23(24)28-14-7-15-29(17-16-28)25(30)19-8-6-9-20(18-19)33(31)27-22-11-3-2-10-21(22)26/h2-6,8-13,18,27H,7,14-17H2,1H3. The Morgan fingerprint density at radius 1 is 1.00 bits per heavy atom. The second kappa shape index (κ2) is 10.6. The second-order valence-corrected chi connectivity index (χ2v) is 8.90. The minimum Gasteiger partial charge on any atom is -0.588 e. The van der Waals surface area contributed by atoms with Crippen molar-refractivity contribution in [1.29, 1.82) is 0 Å². The summed E-state index contributed by atoms with van der Waals surface area (Å²) >= 11 is -1.70. The number of carbonyl (C=O) groups excluding carboxylic acids is 1. The number of benzene rings is 3. The van der Waals surface area contributed by atoms with Gasteiger partial charge < -0.3 is 19.1 Å². The quantitative estimate of drug-likeness (QED) is 0.547. The highest BCUT2D eigenvalue weighted by molar-refractivity contribution is 7.92. The van der Waals surface area contributed by atoms with Crippen LogP contribution in [0.25, 0.3) is 0 Å². The molecule has 0 radical (unpaired) electrons. The van der Waals surface area contributed by atoms with Gasteiger partial charge in [-0.3, -0.25) is 4.79 Å². The summed E-state index contributed by atoms with van der Waals surface area (Å²) in [4.78, 5) is 17.7. The molecule has 8 heteroatoms. The van der Waals surface area contributed by atoms with E-state index in [-0.39, 0.29) is 11.6 Å². The lowest BCUT2D eigenvalue weighted by Gasteiger charge is -2.25. The number of ether oxygens (including phenoxy) is 1. The molecule has 172 valence electrons. The Labute approximate surface area is 196 Å². The molecule has 1 N–H and O–H groups in total. The van der Waals surface area contributed by atoms with Crippen LogP contribution in [0.3, 0.4) is 0 Å². The van der Waals surface area contributed by atoms with E-state index in [2.05, 4.69) is 9.62 Å². The zero-order valence-corrected chi connectivity index (χ0v) is 19.2. The number of anilines is 2. The summed E-state index contributed by atoms with van der Waals surface area (Å²) in [5, 5.41) is 0. The molecule has 3 aromatic carbocycles. The van der Waals surface area contributed by atoms with Gasteiger partial charge >= 0.3 is 0 Å². The molecule has 4 rings (SSSR count). The van der Waals surface area contributed by atoms with Crippen LogP contribution in [0, 0.1) is 5.82 Å². The minimum absolute atomic E-state index is 0.110. The highest BCUT2D eigenvalue weighted by Crippen LogP contribution is 2.28. The lowest BCUT2D eigenvalue weighted by atomic mass is 10.2. The normalized spacial score (nSPS) is 15.0. The van der Waals surface area contributed by atoms with Gasteiger partial charge in [-0.25, -0.2) is 9.11 Å². The summed E-state index contributed by atoms with van der Waals surface area (Å²) in [7, 11) is 1.66. The Bertz CT molecular complexity index is 1110. The number of hydrogen-bond donors (Lipinski definition) is 1. The average molecular weight is 468 g/mol. The van der Waals surface area contributed by atoms with Crippen LogP contribution in [-0.2, 0) is 11.4 Å². The maximum atomic E-state index is 13.9. The van der Waals surface area contributed by atoms with Crippen molar-refractivity contribution >= 4 is 28.6 Å². The van der Waals surface area contributed by atoms with Crippen molar-refractivity contribution in [3.63, 3.8) is 0 Å². The number of halogens is 1. The SMILES string of the molecule is COc1ccccc1N1CCCN(C(=O)c2cccc([S+]([O-])Nc3ccccc3F)c2)CC1. The predicted octanol–water partition coefficient (Wildman–Crippen LogP) is 4.32. The molecule has 1 saturated heterocycles. The van der Waals surface area contributed by atoms with Gasteiger partial charge in [0.2, 0.25) is 0 Å². The third-order valence-electron chi connectivity index (χ3n) is 5.58. The molecule has 0 aromatic heterocycles. The van der Waals surface area contributed by atoms with E-state index >= 15 is 0 Å². The first kappa shape index (κ1) is 22.9. The first-order valence-electron chi connectivity index (χ1n) is 10.8. The summed E-state index contributed by atoms with van der Waals surface area (Å²) in [6, 6.07) is 20.6. The van der Waals surface area contributed by atoms with E-state index in [0.29, 0.717) is 30.1 Å². The van der Waals surface area contributed by atoms with Crippen molar-refractivity contribution in [3.8, 4) is 5.75 Å². The van der Waals surface area contributed by atoms with Gasteiger partial charge in [0.05, 0.1) is 12.8 Å². The van der Waals surface area contributed by atoms with E-state index in [1.807, 2.05) is 29.2 Å². The van der Waals surface area contributed by atoms with Gasteiger partial charge in [0.1, 0.15) is 22.8 Å². The molecule has 3 aromatic rings. The van der Waals surface area contributed by atoms with Crippen molar-refractivity contribution in [2.75, 3.05) is 42.9 Å². The molecule has 1 fully saturated rings. The number of methoxy groups -OCH3 is 1. The summed E-state index contributed by atoms with van der Waals surface area (Å²) in [6.45, 7) is 2.70. The number of amides is 1. The van der Waals surface area contributed by atoms with Gasteiger partial charge in [-0.2, -0.15) is 0 Å². The van der Waals surface area contributed by atoms with E-state index in [9.17, 15) is 13.7 Å². The molecule has 1 heterocycles. The number of hydrogen-bond acceptors (Lipinski definition) is 5. The topological polar surface area (TPSA) is 67.9 Å². The lowest BCUT2D eigenvalue weighted by molar-refractivity contribution is 0.0766. The Morgan fingerprint density at radius 2 is 1.79 bits per heavy atom. The number of nitrogens with one attached hydrogen (secondary N) is 1. The van der Waals surface area contributed by atoms with Crippen LogP contribution >= 0.6 is 0 Å². The van der Waals surface area contributed by atoms with Gasteiger partial charge in [0, 0.05) is 37.8 Å². The van der Waals surface area contributed by atoms with E-state index in [1.165, 1.54) is 12.1 Å². The van der Waals surface area contributed by atoms with E-state index in [1.54, 1.807) is 43.5 Å². The number of carbonyl (C=O) groups is 1. The molecule has 33 heavy (non-hydrogen) atoms. The molecule has 1 amide bonds. The van der Waals surface area contributed by atoms with Gasteiger partial charge in [0.25, 0.3) is 5.91 Å². The molecule has 6 nitrogen and oxygen atoms in total. The fourth-order valence-electron chi connectivity index (χ4n) is 3.88. The summed E-state index contributed by atoms with van der Waals surface area (Å²) in [5.74, 6) is 0.221. The lowest BCUT2D eigenvalue weighted by Crippen LogP contribution is -2.35. The largest absolute Gasteiger partial charge is 0.588 e. The number of nitrogens with zero attached hydrogens (tertiary/aromatic N) is 2. The average Bonchev–Trinajstić information content (AvgIpc) is 3.11. The summed E-state index contributed by atoms with van der Waals surface area (Å²) in [5.41, 5.74) is 1.63. The van der Waals surface area contributed by atoms with Crippen LogP contribution in [-0.4, -0.2) is 48.6 Å². The molecule has 0 bridgehead atoms. The second-order valence-electron chi connectivity index (χ2n) is 7.68. The van der Waals surface area contributed by atoms with Crippen molar-refractivity contribution < 1.29 is 18.5 Å². The van der Waals surface area contributed by atoms with Crippen molar-refractivity contribution in [2.24, 2.45) is 0 Å². The van der Waals surface area contributed by atoms with Gasteiger partial charge in [-0.15, -0.1) is 0 Å². The zero-order valence-electron chi connectivity index (χ0n) is 18.4.